The van der Waals surface area contributed by atoms with Crippen LogP contribution in [0.4, 0.5) is 11.4 Å². The maximum absolute atomic E-state index is 12.5. The van der Waals surface area contributed by atoms with Gasteiger partial charge in [-0.25, -0.2) is 0 Å². The van der Waals surface area contributed by atoms with Gasteiger partial charge in [0.2, 0.25) is 0 Å². The minimum absolute atomic E-state index is 0.0247. The van der Waals surface area contributed by atoms with E-state index in [9.17, 15) is 18.0 Å². The molecule has 0 atom stereocenters. The van der Waals surface area contributed by atoms with Crippen LogP contribution in [0.2, 0.25) is 0 Å². The largest absolute Gasteiger partial charge is 0.329 e. The molecule has 1 N–H and O–H groups in total. The first kappa shape index (κ1) is 21.9. The standard InChI is InChI=1S/C19H22N4O5S2/c1-20-14-7-4-5-8-15(14)23(11-6-12-30(26,27)28)16(20)10-9-13-17(24)21(2)19(29)22(3)18(13)25/h4-5,7-10H,6,11-12H2,1-3H3,(H,26,27,28). The smallest absolute Gasteiger partial charge is 0.265 e. The van der Waals surface area contributed by atoms with Gasteiger partial charge < -0.3 is 9.80 Å². The molecule has 1 aromatic carbocycles. The third-order valence-corrected chi connectivity index (χ3v) is 6.33. The third-order valence-electron chi connectivity index (χ3n) is 4.98. The Hall–Kier alpha value is -2.76. The van der Waals surface area contributed by atoms with E-state index in [0.717, 1.165) is 11.4 Å². The van der Waals surface area contributed by atoms with Crippen molar-refractivity contribution in [2.75, 3.05) is 43.2 Å². The van der Waals surface area contributed by atoms with Gasteiger partial charge >= 0.3 is 0 Å². The molecular weight excluding hydrogens is 428 g/mol. The van der Waals surface area contributed by atoms with E-state index in [2.05, 4.69) is 0 Å². The molecule has 2 amide bonds. The summed E-state index contributed by atoms with van der Waals surface area (Å²) in [6.07, 6.45) is 3.30. The van der Waals surface area contributed by atoms with Gasteiger partial charge in [0.05, 0.1) is 17.1 Å². The van der Waals surface area contributed by atoms with Crippen LogP contribution in [0.3, 0.4) is 0 Å². The average Bonchev–Trinajstić information content (AvgIpc) is 2.96. The molecule has 30 heavy (non-hydrogen) atoms. The Labute approximate surface area is 180 Å². The molecule has 0 unspecified atom stereocenters. The Morgan fingerprint density at radius 3 is 2.10 bits per heavy atom. The summed E-state index contributed by atoms with van der Waals surface area (Å²) in [6.45, 7) is 0.321. The molecule has 0 radical (unpaired) electrons. The number of hydrogen-bond acceptors (Lipinski definition) is 7. The number of rotatable bonds is 5. The normalized spacial score (nSPS) is 18.6. The second-order valence-corrected chi connectivity index (χ2v) is 8.89. The van der Waals surface area contributed by atoms with Crippen LogP contribution in [0.1, 0.15) is 6.42 Å². The average molecular weight is 451 g/mol. The van der Waals surface area contributed by atoms with Crippen molar-refractivity contribution in [1.29, 1.82) is 0 Å². The lowest BCUT2D eigenvalue weighted by Crippen LogP contribution is -2.52. The van der Waals surface area contributed by atoms with E-state index in [0.29, 0.717) is 12.4 Å². The number of carbonyl (C=O) groups is 2. The number of likely N-dealkylation sites (N-methyl/N-ethyl adjacent to an activating group) is 2. The summed E-state index contributed by atoms with van der Waals surface area (Å²) >= 11 is 5.09. The molecule has 160 valence electrons. The second kappa shape index (κ2) is 8.17. The molecule has 1 saturated heterocycles. The first-order valence-electron chi connectivity index (χ1n) is 9.10. The van der Waals surface area contributed by atoms with Crippen molar-refractivity contribution in [3.05, 3.63) is 47.8 Å². The fraction of sp³-hybridized carbons (Fsp3) is 0.316. The molecule has 1 aromatic rings. The highest BCUT2D eigenvalue weighted by Crippen LogP contribution is 2.40. The van der Waals surface area contributed by atoms with Crippen LogP contribution in [0.25, 0.3) is 0 Å². The highest BCUT2D eigenvalue weighted by Gasteiger charge is 2.35. The van der Waals surface area contributed by atoms with Crippen LogP contribution in [0.5, 0.6) is 0 Å². The van der Waals surface area contributed by atoms with E-state index in [4.69, 9.17) is 16.8 Å². The zero-order valence-corrected chi connectivity index (χ0v) is 18.4. The molecule has 0 aromatic heterocycles. The van der Waals surface area contributed by atoms with Gasteiger partial charge in [-0.15, -0.1) is 0 Å². The number of nitrogens with zero attached hydrogens (tertiary/aromatic N) is 4. The Morgan fingerprint density at radius 2 is 1.53 bits per heavy atom. The zero-order chi connectivity index (χ0) is 22.2. The van der Waals surface area contributed by atoms with E-state index >= 15 is 0 Å². The van der Waals surface area contributed by atoms with E-state index < -0.39 is 21.9 Å². The van der Waals surface area contributed by atoms with Gasteiger partial charge in [-0.1, -0.05) is 12.1 Å². The number of para-hydroxylation sites is 2. The first-order chi connectivity index (χ1) is 14.0. The monoisotopic (exact) mass is 450 g/mol. The van der Waals surface area contributed by atoms with Crippen molar-refractivity contribution in [3.63, 3.8) is 0 Å². The Balaban J connectivity index is 1.96. The first-order valence-corrected chi connectivity index (χ1v) is 11.1. The zero-order valence-electron chi connectivity index (χ0n) is 16.8. The topological polar surface area (TPSA) is 101 Å². The highest BCUT2D eigenvalue weighted by atomic mass is 32.2. The van der Waals surface area contributed by atoms with E-state index in [-0.39, 0.29) is 22.9 Å². The molecule has 0 saturated carbocycles. The number of allylic oxidation sites excluding steroid dienone is 2. The highest BCUT2D eigenvalue weighted by molar-refractivity contribution is 7.85. The minimum Gasteiger partial charge on any atom is -0.329 e. The van der Waals surface area contributed by atoms with Crippen LogP contribution in [-0.4, -0.2) is 73.1 Å². The Morgan fingerprint density at radius 1 is 0.967 bits per heavy atom. The van der Waals surface area contributed by atoms with Gasteiger partial charge in [0.25, 0.3) is 21.9 Å². The van der Waals surface area contributed by atoms with Crippen molar-refractivity contribution in [1.82, 2.24) is 9.80 Å². The molecule has 2 aliphatic rings. The van der Waals surface area contributed by atoms with Gasteiger partial charge in [-0.3, -0.25) is 23.9 Å². The maximum atomic E-state index is 12.5. The molecule has 9 nitrogen and oxygen atoms in total. The van der Waals surface area contributed by atoms with Crippen LogP contribution in [-0.2, 0) is 19.7 Å². The summed E-state index contributed by atoms with van der Waals surface area (Å²) in [5.41, 5.74) is 1.73. The lowest BCUT2D eigenvalue weighted by atomic mass is 10.1. The van der Waals surface area contributed by atoms with Crippen molar-refractivity contribution >= 4 is 50.6 Å². The van der Waals surface area contributed by atoms with Crippen molar-refractivity contribution in [2.24, 2.45) is 0 Å². The fourth-order valence-electron chi connectivity index (χ4n) is 3.40. The van der Waals surface area contributed by atoms with Crippen LogP contribution < -0.4 is 9.80 Å². The van der Waals surface area contributed by atoms with Crippen molar-refractivity contribution in [3.8, 4) is 0 Å². The van der Waals surface area contributed by atoms with Gasteiger partial charge in [0, 0.05) is 27.7 Å². The lowest BCUT2D eigenvalue weighted by Gasteiger charge is -2.31. The predicted octanol–water partition coefficient (Wildman–Crippen LogP) is 1.20. The van der Waals surface area contributed by atoms with E-state index in [1.165, 1.54) is 30.0 Å². The van der Waals surface area contributed by atoms with Gasteiger partial charge in [0.15, 0.2) is 5.11 Å². The number of hydrogen-bond donors (Lipinski definition) is 1. The van der Waals surface area contributed by atoms with Gasteiger partial charge in [-0.05, 0) is 42.9 Å². The molecule has 11 heteroatoms. The number of benzene rings is 1. The number of fused-ring (bicyclic) bond motifs is 1. The quantitative estimate of drug-likeness (QED) is 0.309. The predicted molar refractivity (Wildman–Crippen MR) is 118 cm³/mol. The van der Waals surface area contributed by atoms with Crippen LogP contribution >= 0.6 is 12.2 Å². The number of thiocarbonyl (C=S) groups is 1. The molecule has 0 bridgehead atoms. The summed E-state index contributed by atoms with van der Waals surface area (Å²) in [4.78, 5) is 31.3. The summed E-state index contributed by atoms with van der Waals surface area (Å²) < 4.78 is 31.2. The van der Waals surface area contributed by atoms with E-state index in [1.807, 2.05) is 41.1 Å². The van der Waals surface area contributed by atoms with Crippen LogP contribution in [0, 0.1) is 0 Å². The van der Waals surface area contributed by atoms with E-state index in [1.54, 1.807) is 6.08 Å². The van der Waals surface area contributed by atoms with Crippen LogP contribution in [0.15, 0.2) is 47.8 Å². The maximum Gasteiger partial charge on any atom is 0.265 e. The van der Waals surface area contributed by atoms with Gasteiger partial charge in [0.1, 0.15) is 11.4 Å². The second-order valence-electron chi connectivity index (χ2n) is 6.96. The molecule has 3 rings (SSSR count). The summed E-state index contributed by atoms with van der Waals surface area (Å²) in [5, 5.41) is 0.132. The van der Waals surface area contributed by atoms with Gasteiger partial charge in [-0.2, -0.15) is 8.42 Å². The molecule has 1 fully saturated rings. The van der Waals surface area contributed by atoms with Crippen molar-refractivity contribution < 1.29 is 22.6 Å². The Bertz CT molecular complexity index is 1050. The minimum atomic E-state index is -4.07. The number of amides is 2. The number of carbonyl (C=O) groups excluding carboxylic acids is 2. The third kappa shape index (κ3) is 4.09. The number of anilines is 2. The Kier molecular flexibility index (Phi) is 5.97. The fourth-order valence-corrected chi connectivity index (χ4v) is 4.06. The molecular formula is C19H22N4O5S2. The van der Waals surface area contributed by atoms with Crippen molar-refractivity contribution in [2.45, 2.75) is 6.42 Å². The molecule has 0 aliphatic carbocycles. The molecule has 2 aliphatic heterocycles. The molecule has 0 spiro atoms. The SMILES string of the molecule is CN1C(=O)C(=CC=C2N(C)c3ccccc3N2CCCS(=O)(=O)O)C(=O)N(C)C1=S. The lowest BCUT2D eigenvalue weighted by molar-refractivity contribution is -0.132. The summed E-state index contributed by atoms with van der Waals surface area (Å²) in [7, 11) is 0.783. The summed E-state index contributed by atoms with van der Waals surface area (Å²) in [6, 6.07) is 7.55. The summed E-state index contributed by atoms with van der Waals surface area (Å²) in [5.74, 6) is -0.682. The molecule has 2 heterocycles.